The molecule has 1 amide bonds. The zero-order chi connectivity index (χ0) is 14.0. The highest BCUT2D eigenvalue weighted by Crippen LogP contribution is 2.18. The summed E-state index contributed by atoms with van der Waals surface area (Å²) in [7, 11) is 0. The fourth-order valence-electron chi connectivity index (χ4n) is 1.81. The summed E-state index contributed by atoms with van der Waals surface area (Å²) in [5, 5.41) is 6.47. The molecular weight excluding hydrogens is 247 g/mol. The minimum atomic E-state index is -0.351. The number of carbonyl (C=O) groups excluding carboxylic acids is 1. The molecule has 2 aromatic rings. The molecule has 19 heavy (non-hydrogen) atoms. The SMILES string of the molecule is CCc1noc(C)c1C(=O)Nc1ccc(C)c(F)c1. The number of benzene rings is 1. The van der Waals surface area contributed by atoms with Crippen molar-refractivity contribution in [1.29, 1.82) is 0 Å². The molecule has 0 saturated carbocycles. The molecular formula is C14H15FN2O2. The molecule has 0 aliphatic heterocycles. The molecule has 0 unspecified atom stereocenters. The number of anilines is 1. The van der Waals surface area contributed by atoms with Crippen molar-refractivity contribution in [1.82, 2.24) is 5.16 Å². The number of amides is 1. The normalized spacial score (nSPS) is 10.5. The highest BCUT2D eigenvalue weighted by atomic mass is 19.1. The summed E-state index contributed by atoms with van der Waals surface area (Å²) in [6.07, 6.45) is 0.600. The second-order valence-corrected chi connectivity index (χ2v) is 4.33. The van der Waals surface area contributed by atoms with Crippen molar-refractivity contribution in [3.05, 3.63) is 46.6 Å². The number of aromatic nitrogens is 1. The van der Waals surface area contributed by atoms with Gasteiger partial charge in [0.05, 0.1) is 5.69 Å². The second kappa shape index (κ2) is 5.22. The monoisotopic (exact) mass is 262 g/mol. The lowest BCUT2D eigenvalue weighted by Gasteiger charge is -2.06. The van der Waals surface area contributed by atoms with Gasteiger partial charge in [-0.05, 0) is 38.0 Å². The number of nitrogens with zero attached hydrogens (tertiary/aromatic N) is 1. The van der Waals surface area contributed by atoms with Crippen molar-refractivity contribution in [2.24, 2.45) is 0 Å². The van der Waals surface area contributed by atoms with Crippen molar-refractivity contribution in [3.63, 3.8) is 0 Å². The first-order chi connectivity index (χ1) is 9.02. The molecule has 0 radical (unpaired) electrons. The van der Waals surface area contributed by atoms with Gasteiger partial charge in [0.1, 0.15) is 17.1 Å². The minimum Gasteiger partial charge on any atom is -0.361 e. The van der Waals surface area contributed by atoms with Crippen LogP contribution in [0.4, 0.5) is 10.1 Å². The largest absolute Gasteiger partial charge is 0.361 e. The summed E-state index contributed by atoms with van der Waals surface area (Å²) in [4.78, 5) is 12.1. The number of hydrogen-bond acceptors (Lipinski definition) is 3. The Bertz CT molecular complexity index is 620. The van der Waals surface area contributed by atoms with Gasteiger partial charge in [-0.1, -0.05) is 18.1 Å². The maximum atomic E-state index is 13.4. The molecule has 0 fully saturated rings. The average molecular weight is 262 g/mol. The van der Waals surface area contributed by atoms with E-state index in [1.807, 2.05) is 6.92 Å². The summed E-state index contributed by atoms with van der Waals surface area (Å²) in [6, 6.07) is 4.57. The molecule has 0 aliphatic carbocycles. The molecule has 0 atom stereocenters. The fraction of sp³-hybridized carbons (Fsp3) is 0.286. The zero-order valence-electron chi connectivity index (χ0n) is 11.1. The number of aryl methyl sites for hydroxylation is 3. The maximum Gasteiger partial charge on any atom is 0.261 e. The summed E-state index contributed by atoms with van der Waals surface area (Å²) in [5.74, 6) is -0.226. The lowest BCUT2D eigenvalue weighted by atomic mass is 10.1. The van der Waals surface area contributed by atoms with Crippen LogP contribution in [0.25, 0.3) is 0 Å². The van der Waals surface area contributed by atoms with Gasteiger partial charge in [0, 0.05) is 5.69 Å². The van der Waals surface area contributed by atoms with E-state index in [4.69, 9.17) is 4.52 Å². The number of halogens is 1. The van der Waals surface area contributed by atoms with Crippen LogP contribution in [0.5, 0.6) is 0 Å². The zero-order valence-corrected chi connectivity index (χ0v) is 11.1. The predicted molar refractivity (Wildman–Crippen MR) is 69.7 cm³/mol. The predicted octanol–water partition coefficient (Wildman–Crippen LogP) is 3.25. The standard InChI is InChI=1S/C14H15FN2O2/c1-4-12-13(9(3)19-17-12)14(18)16-10-6-5-8(2)11(15)7-10/h5-7H,4H2,1-3H3,(H,16,18). The highest BCUT2D eigenvalue weighted by Gasteiger charge is 2.19. The molecule has 100 valence electrons. The fourth-order valence-corrected chi connectivity index (χ4v) is 1.81. The molecule has 1 aromatic heterocycles. The van der Waals surface area contributed by atoms with Crippen LogP contribution in [0, 0.1) is 19.7 Å². The lowest BCUT2D eigenvalue weighted by Crippen LogP contribution is -2.14. The van der Waals surface area contributed by atoms with Crippen LogP contribution in [0.2, 0.25) is 0 Å². The number of rotatable bonds is 3. The topological polar surface area (TPSA) is 55.1 Å². The third-order valence-electron chi connectivity index (χ3n) is 2.93. The van der Waals surface area contributed by atoms with Gasteiger partial charge in [0.2, 0.25) is 0 Å². The van der Waals surface area contributed by atoms with E-state index in [1.54, 1.807) is 26.0 Å². The van der Waals surface area contributed by atoms with Gasteiger partial charge in [-0.25, -0.2) is 4.39 Å². The number of carbonyl (C=O) groups is 1. The van der Waals surface area contributed by atoms with E-state index in [9.17, 15) is 9.18 Å². The van der Waals surface area contributed by atoms with Gasteiger partial charge >= 0.3 is 0 Å². The van der Waals surface area contributed by atoms with Crippen LogP contribution >= 0.6 is 0 Å². The van der Waals surface area contributed by atoms with Crippen molar-refractivity contribution in [2.75, 3.05) is 5.32 Å². The Labute approximate surface area is 110 Å². The minimum absolute atomic E-state index is 0.334. The molecule has 0 saturated heterocycles. The van der Waals surface area contributed by atoms with Gasteiger partial charge in [-0.2, -0.15) is 0 Å². The van der Waals surface area contributed by atoms with E-state index in [1.165, 1.54) is 6.07 Å². The maximum absolute atomic E-state index is 13.4. The first-order valence-electron chi connectivity index (χ1n) is 6.05. The first-order valence-corrected chi connectivity index (χ1v) is 6.05. The molecule has 0 spiro atoms. The van der Waals surface area contributed by atoms with Crippen molar-refractivity contribution >= 4 is 11.6 Å². The van der Waals surface area contributed by atoms with E-state index >= 15 is 0 Å². The summed E-state index contributed by atoms with van der Waals surface area (Å²) < 4.78 is 18.4. The number of hydrogen-bond donors (Lipinski definition) is 1. The first kappa shape index (κ1) is 13.3. The molecule has 5 heteroatoms. The van der Waals surface area contributed by atoms with Crippen LogP contribution in [0.3, 0.4) is 0 Å². The Morgan fingerprint density at radius 1 is 1.42 bits per heavy atom. The molecule has 2 rings (SSSR count). The lowest BCUT2D eigenvalue weighted by molar-refractivity contribution is 0.102. The Kier molecular flexibility index (Phi) is 3.64. The summed E-state index contributed by atoms with van der Waals surface area (Å²) in [6.45, 7) is 5.23. The summed E-state index contributed by atoms with van der Waals surface area (Å²) >= 11 is 0. The molecule has 1 aromatic carbocycles. The Hall–Kier alpha value is -2.17. The Morgan fingerprint density at radius 2 is 2.16 bits per heavy atom. The van der Waals surface area contributed by atoms with Crippen LogP contribution in [0.1, 0.15) is 34.3 Å². The van der Waals surface area contributed by atoms with Gasteiger partial charge in [-0.15, -0.1) is 0 Å². The van der Waals surface area contributed by atoms with Gasteiger partial charge < -0.3 is 9.84 Å². The van der Waals surface area contributed by atoms with Gasteiger partial charge in [0.15, 0.2) is 0 Å². The van der Waals surface area contributed by atoms with Gasteiger partial charge in [0.25, 0.3) is 5.91 Å². The van der Waals surface area contributed by atoms with E-state index in [0.29, 0.717) is 34.7 Å². The van der Waals surface area contributed by atoms with Crippen molar-refractivity contribution < 1.29 is 13.7 Å². The van der Waals surface area contributed by atoms with E-state index in [0.717, 1.165) is 0 Å². The van der Waals surface area contributed by atoms with E-state index in [-0.39, 0.29) is 11.7 Å². The van der Waals surface area contributed by atoms with E-state index in [2.05, 4.69) is 10.5 Å². The summed E-state index contributed by atoms with van der Waals surface area (Å²) in [5.41, 5.74) is 1.97. The van der Waals surface area contributed by atoms with Crippen molar-refractivity contribution in [2.45, 2.75) is 27.2 Å². The molecule has 0 aliphatic rings. The highest BCUT2D eigenvalue weighted by molar-refractivity contribution is 6.05. The van der Waals surface area contributed by atoms with Crippen LogP contribution < -0.4 is 5.32 Å². The molecule has 1 N–H and O–H groups in total. The van der Waals surface area contributed by atoms with E-state index < -0.39 is 0 Å². The number of nitrogens with one attached hydrogen (secondary N) is 1. The second-order valence-electron chi connectivity index (χ2n) is 4.33. The smallest absolute Gasteiger partial charge is 0.261 e. The van der Waals surface area contributed by atoms with Crippen LogP contribution in [-0.4, -0.2) is 11.1 Å². The Morgan fingerprint density at radius 3 is 2.79 bits per heavy atom. The van der Waals surface area contributed by atoms with Crippen LogP contribution in [0.15, 0.2) is 22.7 Å². The molecule has 4 nitrogen and oxygen atoms in total. The molecule has 0 bridgehead atoms. The van der Waals surface area contributed by atoms with Crippen molar-refractivity contribution in [3.8, 4) is 0 Å². The quantitative estimate of drug-likeness (QED) is 0.923. The van der Waals surface area contributed by atoms with Crippen LogP contribution in [-0.2, 0) is 6.42 Å². The average Bonchev–Trinajstić information content (AvgIpc) is 2.75. The Balaban J connectivity index is 2.25. The third kappa shape index (κ3) is 2.65. The third-order valence-corrected chi connectivity index (χ3v) is 2.93. The molecule has 1 heterocycles. The van der Waals surface area contributed by atoms with Gasteiger partial charge in [-0.3, -0.25) is 4.79 Å².